The molecule has 1 atom stereocenters. The fraction of sp³-hybridized carbons (Fsp3) is 0.588. The van der Waals surface area contributed by atoms with E-state index in [0.29, 0.717) is 18.2 Å². The van der Waals surface area contributed by atoms with Crippen LogP contribution in [0.4, 0.5) is 17.1 Å². The highest BCUT2D eigenvalue weighted by Gasteiger charge is 2.21. The molecule has 4 heteroatoms. The third-order valence-electron chi connectivity index (χ3n) is 4.16. The van der Waals surface area contributed by atoms with E-state index in [2.05, 4.69) is 24.1 Å². The summed E-state index contributed by atoms with van der Waals surface area (Å²) in [4.78, 5) is 14.4. The minimum atomic E-state index is 0.0772. The molecule has 21 heavy (non-hydrogen) atoms. The van der Waals surface area contributed by atoms with Crippen LogP contribution in [-0.2, 0) is 4.79 Å². The van der Waals surface area contributed by atoms with Gasteiger partial charge in [0.15, 0.2) is 0 Å². The maximum atomic E-state index is 12.0. The summed E-state index contributed by atoms with van der Waals surface area (Å²) in [6.45, 7) is 5.38. The first-order valence-corrected chi connectivity index (χ1v) is 8.08. The summed E-state index contributed by atoms with van der Waals surface area (Å²) < 4.78 is 0. The maximum absolute atomic E-state index is 12.0. The monoisotopic (exact) mass is 289 g/mol. The number of carbonyl (C=O) groups excluding carboxylic acids is 1. The third kappa shape index (κ3) is 4.13. The molecular weight excluding hydrogens is 262 g/mol. The van der Waals surface area contributed by atoms with Crippen LogP contribution in [0.5, 0.6) is 0 Å². The first-order chi connectivity index (χ1) is 10.1. The van der Waals surface area contributed by atoms with E-state index in [1.165, 1.54) is 19.3 Å². The van der Waals surface area contributed by atoms with Crippen LogP contribution in [0.3, 0.4) is 0 Å². The second-order valence-corrected chi connectivity index (χ2v) is 5.97. The van der Waals surface area contributed by atoms with Crippen LogP contribution in [0.25, 0.3) is 0 Å². The average molecular weight is 289 g/mol. The molecule has 0 bridgehead atoms. The van der Waals surface area contributed by atoms with Crippen molar-refractivity contribution in [3.63, 3.8) is 0 Å². The molecule has 1 fully saturated rings. The Morgan fingerprint density at radius 3 is 2.95 bits per heavy atom. The number of piperidine rings is 1. The largest absolute Gasteiger partial charge is 0.399 e. The molecular formula is C17H27N3O. The Balaban J connectivity index is 2.18. The predicted molar refractivity (Wildman–Crippen MR) is 89.7 cm³/mol. The molecule has 1 aliphatic heterocycles. The Hall–Kier alpha value is -1.71. The molecule has 3 N–H and O–H groups in total. The van der Waals surface area contributed by atoms with Crippen LogP contribution in [0, 0.1) is 0 Å². The lowest BCUT2D eigenvalue weighted by Gasteiger charge is -2.36. The van der Waals surface area contributed by atoms with Gasteiger partial charge in [0, 0.05) is 24.7 Å². The van der Waals surface area contributed by atoms with Gasteiger partial charge in [-0.25, -0.2) is 0 Å². The number of nitrogen functional groups attached to an aromatic ring is 1. The molecule has 1 amide bonds. The van der Waals surface area contributed by atoms with E-state index in [4.69, 9.17) is 5.73 Å². The van der Waals surface area contributed by atoms with Crippen LogP contribution in [-0.4, -0.2) is 18.5 Å². The molecule has 2 rings (SSSR count). The van der Waals surface area contributed by atoms with Gasteiger partial charge in [0.25, 0.3) is 0 Å². The molecule has 0 saturated carbocycles. The highest BCUT2D eigenvalue weighted by molar-refractivity contribution is 5.95. The Morgan fingerprint density at radius 2 is 2.24 bits per heavy atom. The lowest BCUT2D eigenvalue weighted by molar-refractivity contribution is -0.116. The smallest absolute Gasteiger partial charge is 0.224 e. The van der Waals surface area contributed by atoms with Crippen molar-refractivity contribution >= 4 is 23.0 Å². The average Bonchev–Trinajstić information content (AvgIpc) is 2.46. The molecule has 1 heterocycles. The highest BCUT2D eigenvalue weighted by atomic mass is 16.1. The van der Waals surface area contributed by atoms with Crippen LogP contribution in [0.2, 0.25) is 0 Å². The van der Waals surface area contributed by atoms with Crippen molar-refractivity contribution in [2.75, 3.05) is 22.5 Å². The van der Waals surface area contributed by atoms with Crippen LogP contribution >= 0.6 is 0 Å². The molecule has 4 nitrogen and oxygen atoms in total. The molecule has 1 aromatic carbocycles. The Morgan fingerprint density at radius 1 is 1.43 bits per heavy atom. The standard InChI is InChI=1S/C17H27N3O/c1-3-4-8-17(21)19-15-12-14(18)9-10-16(15)20-11-6-5-7-13(20)2/h9-10,12-13H,3-8,11,18H2,1-2H3,(H,19,21)/t13-/m0/s1. The van der Waals surface area contributed by atoms with Crippen molar-refractivity contribution in [1.82, 2.24) is 0 Å². The van der Waals surface area contributed by atoms with Gasteiger partial charge in [0.1, 0.15) is 0 Å². The van der Waals surface area contributed by atoms with Crippen molar-refractivity contribution < 1.29 is 4.79 Å². The van der Waals surface area contributed by atoms with Crippen LogP contribution < -0.4 is 16.0 Å². The van der Waals surface area contributed by atoms with Gasteiger partial charge in [-0.2, -0.15) is 0 Å². The van der Waals surface area contributed by atoms with Crippen molar-refractivity contribution in [2.45, 2.75) is 58.4 Å². The number of hydrogen-bond acceptors (Lipinski definition) is 3. The highest BCUT2D eigenvalue weighted by Crippen LogP contribution is 2.33. The lowest BCUT2D eigenvalue weighted by Crippen LogP contribution is -2.38. The second kappa shape index (κ2) is 7.34. The molecule has 1 saturated heterocycles. The first kappa shape index (κ1) is 15.7. The second-order valence-electron chi connectivity index (χ2n) is 5.97. The van der Waals surface area contributed by atoms with E-state index in [1.807, 2.05) is 18.2 Å². The van der Waals surface area contributed by atoms with Gasteiger partial charge in [-0.05, 0) is 50.8 Å². The van der Waals surface area contributed by atoms with E-state index in [1.54, 1.807) is 0 Å². The van der Waals surface area contributed by atoms with Crippen LogP contribution in [0.15, 0.2) is 18.2 Å². The first-order valence-electron chi connectivity index (χ1n) is 8.08. The van der Waals surface area contributed by atoms with Gasteiger partial charge in [-0.15, -0.1) is 0 Å². The number of rotatable bonds is 5. The molecule has 0 spiro atoms. The number of nitrogens with one attached hydrogen (secondary N) is 1. The molecule has 0 aliphatic carbocycles. The lowest BCUT2D eigenvalue weighted by atomic mass is 10.0. The number of carbonyl (C=O) groups is 1. The minimum absolute atomic E-state index is 0.0772. The number of nitrogens with two attached hydrogens (primary N) is 1. The molecule has 0 aromatic heterocycles. The minimum Gasteiger partial charge on any atom is -0.399 e. The summed E-state index contributed by atoms with van der Waals surface area (Å²) >= 11 is 0. The number of hydrogen-bond donors (Lipinski definition) is 2. The summed E-state index contributed by atoms with van der Waals surface area (Å²) in [5.74, 6) is 0.0772. The summed E-state index contributed by atoms with van der Waals surface area (Å²) in [6, 6.07) is 6.33. The quantitative estimate of drug-likeness (QED) is 0.811. The van der Waals surface area contributed by atoms with Gasteiger partial charge in [0.2, 0.25) is 5.91 Å². The number of anilines is 3. The van der Waals surface area contributed by atoms with Crippen molar-refractivity contribution in [3.05, 3.63) is 18.2 Å². The number of benzene rings is 1. The van der Waals surface area contributed by atoms with E-state index >= 15 is 0 Å². The molecule has 1 aliphatic rings. The zero-order valence-corrected chi connectivity index (χ0v) is 13.2. The molecule has 1 aromatic rings. The van der Waals surface area contributed by atoms with E-state index in [-0.39, 0.29) is 5.91 Å². The Bertz CT molecular complexity index is 487. The van der Waals surface area contributed by atoms with E-state index < -0.39 is 0 Å². The van der Waals surface area contributed by atoms with Gasteiger partial charge < -0.3 is 16.0 Å². The number of unbranched alkanes of at least 4 members (excludes halogenated alkanes) is 1. The van der Waals surface area contributed by atoms with Gasteiger partial charge >= 0.3 is 0 Å². The van der Waals surface area contributed by atoms with Gasteiger partial charge in [0.05, 0.1) is 11.4 Å². The van der Waals surface area contributed by atoms with Crippen molar-refractivity contribution in [3.8, 4) is 0 Å². The molecule has 0 radical (unpaired) electrons. The SMILES string of the molecule is CCCCC(=O)Nc1cc(N)ccc1N1CCCC[C@@H]1C. The zero-order valence-electron chi connectivity index (χ0n) is 13.2. The normalized spacial score (nSPS) is 18.6. The van der Waals surface area contributed by atoms with Crippen molar-refractivity contribution in [1.29, 1.82) is 0 Å². The number of amides is 1. The Kier molecular flexibility index (Phi) is 5.48. The van der Waals surface area contributed by atoms with Gasteiger partial charge in [-0.1, -0.05) is 13.3 Å². The summed E-state index contributed by atoms with van der Waals surface area (Å²) in [5, 5.41) is 3.04. The summed E-state index contributed by atoms with van der Waals surface area (Å²) in [7, 11) is 0. The fourth-order valence-electron chi connectivity index (χ4n) is 2.91. The molecule has 116 valence electrons. The zero-order chi connectivity index (χ0) is 15.2. The van der Waals surface area contributed by atoms with Gasteiger partial charge in [-0.3, -0.25) is 4.79 Å². The van der Waals surface area contributed by atoms with Crippen molar-refractivity contribution in [2.24, 2.45) is 0 Å². The number of nitrogens with zero attached hydrogens (tertiary/aromatic N) is 1. The summed E-state index contributed by atoms with van der Waals surface area (Å²) in [5.41, 5.74) is 8.54. The predicted octanol–water partition coefficient (Wildman–Crippen LogP) is 3.78. The summed E-state index contributed by atoms with van der Waals surface area (Å²) in [6.07, 6.45) is 6.21. The maximum Gasteiger partial charge on any atom is 0.224 e. The van der Waals surface area contributed by atoms with E-state index in [9.17, 15) is 4.79 Å². The topological polar surface area (TPSA) is 58.4 Å². The third-order valence-corrected chi connectivity index (χ3v) is 4.16. The van der Waals surface area contributed by atoms with E-state index in [0.717, 1.165) is 30.8 Å². The molecule has 0 unspecified atom stereocenters. The Labute approximate surface area is 127 Å². The fourth-order valence-corrected chi connectivity index (χ4v) is 2.91. The van der Waals surface area contributed by atoms with Crippen LogP contribution in [0.1, 0.15) is 52.4 Å².